The third-order valence-corrected chi connectivity index (χ3v) is 12.5. The molecule has 0 aliphatic carbocycles. The van der Waals surface area contributed by atoms with Crippen LogP contribution in [0.3, 0.4) is 0 Å². The Hall–Kier alpha value is -1.47. The number of amides is 2. The topological polar surface area (TPSA) is 84.5 Å². The van der Waals surface area contributed by atoms with Crippen molar-refractivity contribution >= 4 is 40.3 Å². The summed E-state index contributed by atoms with van der Waals surface area (Å²) in [5.41, 5.74) is -0.973. The van der Waals surface area contributed by atoms with Gasteiger partial charge in [0.2, 0.25) is 11.8 Å². The van der Waals surface area contributed by atoms with Gasteiger partial charge in [0, 0.05) is 12.8 Å². The van der Waals surface area contributed by atoms with Crippen LogP contribution in [0.4, 0.5) is 0 Å². The number of hydrogen-bond donors (Lipinski definition) is 3. The number of allylic oxidation sites excluding steroid dienone is 4. The zero-order valence-electron chi connectivity index (χ0n) is 35.8. The van der Waals surface area contributed by atoms with Gasteiger partial charge in [-0.25, -0.2) is 4.79 Å². The van der Waals surface area contributed by atoms with Gasteiger partial charge in [-0.05, 0) is 94.8 Å². The fourth-order valence-electron chi connectivity index (χ4n) is 6.60. The van der Waals surface area contributed by atoms with Gasteiger partial charge in [-0.3, -0.25) is 20.5 Å². The summed E-state index contributed by atoms with van der Waals surface area (Å²) < 4.78 is 5.51. The number of thiol groups is 1. The van der Waals surface area contributed by atoms with Crippen molar-refractivity contribution in [1.29, 1.82) is 0 Å². The molecule has 0 rings (SSSR count). The first-order chi connectivity index (χ1) is 26.3. The highest BCUT2D eigenvalue weighted by atomic mass is 35.5. The summed E-state index contributed by atoms with van der Waals surface area (Å²) in [5.74, 6) is 1.33. The summed E-state index contributed by atoms with van der Waals surface area (Å²) in [6, 6.07) is -0.713. The molecule has 2 unspecified atom stereocenters. The molecule has 0 aromatic carbocycles. The lowest BCUT2D eigenvalue weighted by Gasteiger charge is -2.22. The van der Waals surface area contributed by atoms with E-state index in [9.17, 15) is 14.4 Å². The summed E-state index contributed by atoms with van der Waals surface area (Å²) in [6.45, 7) is 6.75. The van der Waals surface area contributed by atoms with Gasteiger partial charge in [-0.2, -0.15) is 0 Å². The number of halogens is 1. The fourth-order valence-corrected chi connectivity index (χ4v) is 8.45. The molecule has 3 atom stereocenters. The number of carbonyl (C=O) groups excluding carboxylic acids is 3. The lowest BCUT2D eigenvalue weighted by atomic mass is 10.1. The quantitative estimate of drug-likeness (QED) is 0.0189. The minimum Gasteiger partial charge on any atom is -0.443 e. The van der Waals surface area contributed by atoms with Crippen molar-refractivity contribution in [2.75, 3.05) is 24.3 Å². The standard InChI is InChI=1S/C46H87ClN2O4S/c1-5-8-10-12-14-16-18-20-22-24-26-28-30-32-34-36-44(50)48-41-43(47)53-46(52)42(38-40-54(4)39-7-3)49-45(51)37-35-33-31-29-27-25-23-21-19-17-15-13-11-9-6-2/h20-23,42-43,54H,5-19,24-41H2,1-4H3,(H,48,50)(H,49,51)/b22-20-,23-21-/t42-,43?/m1/s1. The van der Waals surface area contributed by atoms with Crippen LogP contribution >= 0.6 is 22.5 Å². The van der Waals surface area contributed by atoms with Crippen molar-refractivity contribution in [3.63, 3.8) is 0 Å². The maximum Gasteiger partial charge on any atom is 0.330 e. The summed E-state index contributed by atoms with van der Waals surface area (Å²) in [5, 5.41) is 5.75. The largest absolute Gasteiger partial charge is 0.443 e. The molecule has 8 heteroatoms. The van der Waals surface area contributed by atoms with Gasteiger partial charge in [0.05, 0.1) is 6.54 Å². The maximum atomic E-state index is 13.1. The van der Waals surface area contributed by atoms with Gasteiger partial charge in [0.1, 0.15) is 6.04 Å². The molecule has 0 aromatic rings. The number of rotatable bonds is 40. The van der Waals surface area contributed by atoms with E-state index in [1.165, 1.54) is 116 Å². The van der Waals surface area contributed by atoms with Crippen LogP contribution in [0.1, 0.15) is 213 Å². The van der Waals surface area contributed by atoms with Crippen LogP contribution in [0.15, 0.2) is 24.3 Å². The Labute approximate surface area is 342 Å². The van der Waals surface area contributed by atoms with Crippen molar-refractivity contribution < 1.29 is 19.1 Å². The molecule has 0 aromatic heterocycles. The number of hydrogen-bond acceptors (Lipinski definition) is 4. The van der Waals surface area contributed by atoms with E-state index in [2.05, 4.69) is 62.0 Å². The predicted molar refractivity (Wildman–Crippen MR) is 239 cm³/mol. The average molecular weight is 800 g/mol. The van der Waals surface area contributed by atoms with Crippen molar-refractivity contribution in [1.82, 2.24) is 10.6 Å². The summed E-state index contributed by atoms with van der Waals surface area (Å²) in [6.07, 6.45) is 45.7. The normalized spacial score (nSPS) is 13.7. The smallest absolute Gasteiger partial charge is 0.330 e. The Balaban J connectivity index is 4.20. The van der Waals surface area contributed by atoms with Crippen LogP contribution in [-0.2, 0) is 19.1 Å². The molecule has 318 valence electrons. The van der Waals surface area contributed by atoms with E-state index in [0.29, 0.717) is 19.3 Å². The average Bonchev–Trinajstić information content (AvgIpc) is 3.15. The van der Waals surface area contributed by atoms with Gasteiger partial charge in [0.25, 0.3) is 0 Å². The summed E-state index contributed by atoms with van der Waals surface area (Å²) in [4.78, 5) is 38.3. The number of ether oxygens (including phenoxy) is 1. The predicted octanol–water partition coefficient (Wildman–Crippen LogP) is 13.2. The molecular formula is C46H87ClN2O4S. The molecule has 0 heterocycles. The first-order valence-electron chi connectivity index (χ1n) is 22.7. The lowest BCUT2D eigenvalue weighted by Crippen LogP contribution is -2.44. The van der Waals surface area contributed by atoms with Gasteiger partial charge < -0.3 is 15.4 Å². The molecule has 0 radical (unpaired) electrons. The Morgan fingerprint density at radius 1 is 0.556 bits per heavy atom. The van der Waals surface area contributed by atoms with Crippen LogP contribution in [0, 0.1) is 0 Å². The molecular weight excluding hydrogens is 712 g/mol. The Bertz CT molecular complexity index is 930. The Morgan fingerprint density at radius 3 is 1.41 bits per heavy atom. The minimum atomic E-state index is -0.973. The van der Waals surface area contributed by atoms with Crippen LogP contribution in [-0.4, -0.2) is 53.7 Å². The van der Waals surface area contributed by atoms with Crippen molar-refractivity contribution in [2.45, 2.75) is 225 Å². The summed E-state index contributed by atoms with van der Waals surface area (Å²) >= 11 is 6.34. The molecule has 0 bridgehead atoms. The van der Waals surface area contributed by atoms with Crippen LogP contribution in [0.2, 0.25) is 0 Å². The van der Waals surface area contributed by atoms with Crippen molar-refractivity contribution in [3.8, 4) is 0 Å². The van der Waals surface area contributed by atoms with E-state index in [1.54, 1.807) is 0 Å². The second kappa shape index (κ2) is 41.2. The monoisotopic (exact) mass is 799 g/mol. The first-order valence-corrected chi connectivity index (χ1v) is 25.3. The first kappa shape index (κ1) is 52.5. The second-order valence-corrected chi connectivity index (χ2v) is 18.6. The Morgan fingerprint density at radius 2 is 0.963 bits per heavy atom. The number of nitrogens with one attached hydrogen (secondary N) is 2. The van der Waals surface area contributed by atoms with Gasteiger partial charge in [-0.15, -0.1) is 0 Å². The van der Waals surface area contributed by atoms with Crippen molar-refractivity contribution in [3.05, 3.63) is 24.3 Å². The zero-order valence-corrected chi connectivity index (χ0v) is 37.4. The van der Waals surface area contributed by atoms with Gasteiger partial charge in [0.15, 0.2) is 5.56 Å². The highest BCUT2D eigenvalue weighted by Crippen LogP contribution is 2.23. The van der Waals surface area contributed by atoms with Gasteiger partial charge >= 0.3 is 5.97 Å². The highest BCUT2D eigenvalue weighted by Gasteiger charge is 2.25. The number of carbonyl (C=O) groups is 3. The minimum absolute atomic E-state index is 0.0586. The molecule has 54 heavy (non-hydrogen) atoms. The molecule has 0 spiro atoms. The van der Waals surface area contributed by atoms with E-state index >= 15 is 0 Å². The van der Waals surface area contributed by atoms with Crippen LogP contribution < -0.4 is 10.6 Å². The van der Waals surface area contributed by atoms with Gasteiger partial charge in [-0.1, -0.05) is 159 Å². The molecule has 0 saturated heterocycles. The fraction of sp³-hybridized carbons (Fsp3) is 0.848. The molecule has 0 aliphatic rings. The number of esters is 1. The maximum absolute atomic E-state index is 13.1. The van der Waals surface area contributed by atoms with E-state index in [1.807, 2.05) is 0 Å². The SMILES string of the molecule is CCCCCCCC/C=C\CCCCCCCC(=O)NCC(Cl)OC(=O)[C@@H](CC[SH](C)CCC)NC(=O)CCCCCCC/C=C\CCCCCCCC. The zero-order chi connectivity index (χ0) is 39.7. The molecule has 2 N–H and O–H groups in total. The van der Waals surface area contributed by atoms with E-state index < -0.39 is 17.6 Å². The van der Waals surface area contributed by atoms with E-state index in [4.69, 9.17) is 16.3 Å². The van der Waals surface area contributed by atoms with Crippen LogP contribution in [0.25, 0.3) is 0 Å². The number of unbranched alkanes of at least 4 members (excludes halogenated alkanes) is 22. The highest BCUT2D eigenvalue weighted by molar-refractivity contribution is 8.16. The lowest BCUT2D eigenvalue weighted by molar-refractivity contribution is -0.149. The van der Waals surface area contributed by atoms with E-state index in [0.717, 1.165) is 69.3 Å². The molecule has 2 amide bonds. The number of alkyl halides is 1. The van der Waals surface area contributed by atoms with Crippen molar-refractivity contribution in [2.24, 2.45) is 0 Å². The second-order valence-electron chi connectivity index (χ2n) is 15.5. The van der Waals surface area contributed by atoms with E-state index in [-0.39, 0.29) is 29.3 Å². The molecule has 0 saturated carbocycles. The third-order valence-electron chi connectivity index (χ3n) is 10.1. The molecule has 0 fully saturated rings. The molecule has 6 nitrogen and oxygen atoms in total. The Kier molecular flexibility index (Phi) is 40.1. The third kappa shape index (κ3) is 37.5. The molecule has 0 aliphatic heterocycles. The summed E-state index contributed by atoms with van der Waals surface area (Å²) in [7, 11) is -0.203. The van der Waals surface area contributed by atoms with Crippen LogP contribution in [0.5, 0.6) is 0 Å².